The molecule has 2 atom stereocenters. The highest BCUT2D eigenvalue weighted by Crippen LogP contribution is 2.28. The lowest BCUT2D eigenvalue weighted by Crippen LogP contribution is -2.45. The molecule has 0 bridgehead atoms. The highest BCUT2D eigenvalue weighted by atomic mass is 32.2. The molecule has 0 aliphatic carbocycles. The Bertz CT molecular complexity index is 500. The van der Waals surface area contributed by atoms with E-state index in [1.54, 1.807) is 18.9 Å². The Morgan fingerprint density at radius 2 is 1.88 bits per heavy atom. The van der Waals surface area contributed by atoms with Gasteiger partial charge in [0.1, 0.15) is 16.7 Å². The molecule has 1 aromatic rings. The quantitative estimate of drug-likeness (QED) is 0.820. The number of benzene rings is 1. The average molecular weight is 374 g/mol. The van der Waals surface area contributed by atoms with Crippen LogP contribution in [0.4, 0.5) is 0 Å². The lowest BCUT2D eigenvalue weighted by Gasteiger charge is -2.33. The monoisotopic (exact) mass is 373 g/mol. The molecule has 1 N–H and O–H groups in total. The van der Waals surface area contributed by atoms with Crippen LogP contribution >= 0.6 is 11.8 Å². The summed E-state index contributed by atoms with van der Waals surface area (Å²) >= 11 is 1.80. The maximum atomic E-state index is 12.9. The van der Waals surface area contributed by atoms with E-state index < -0.39 is 11.0 Å². The first-order valence-electron chi connectivity index (χ1n) is 8.10. The summed E-state index contributed by atoms with van der Waals surface area (Å²) in [6.07, 6.45) is 0. The topological polar surface area (TPSA) is 49.8 Å². The van der Waals surface area contributed by atoms with Gasteiger partial charge in [-0.2, -0.15) is 11.8 Å². The van der Waals surface area contributed by atoms with Crippen LogP contribution in [-0.4, -0.2) is 51.4 Å². The molecule has 1 saturated heterocycles. The largest absolute Gasteiger partial charge is 0.497 e. The van der Waals surface area contributed by atoms with E-state index in [0.717, 1.165) is 39.8 Å². The molecular formula is C18H31NO3S2. The average Bonchev–Trinajstić information content (AvgIpc) is 2.64. The minimum atomic E-state index is -1.23. The molecule has 0 saturated carbocycles. The Morgan fingerprint density at radius 1 is 1.33 bits per heavy atom. The fraction of sp³-hybridized carbons (Fsp3) is 0.556. The zero-order valence-electron chi connectivity index (χ0n) is 15.5. The van der Waals surface area contributed by atoms with E-state index in [9.17, 15) is 9.32 Å². The van der Waals surface area contributed by atoms with Crippen molar-refractivity contribution in [3.05, 3.63) is 36.4 Å². The molecule has 4 nitrogen and oxygen atoms in total. The minimum absolute atomic E-state index is 0.0320. The molecule has 138 valence electrons. The summed E-state index contributed by atoms with van der Waals surface area (Å²) in [6.45, 7) is 14.7. The van der Waals surface area contributed by atoms with Gasteiger partial charge in [-0.15, -0.1) is 13.2 Å². The third kappa shape index (κ3) is 5.92. The summed E-state index contributed by atoms with van der Waals surface area (Å²) in [5.41, 5.74) is 1.94. The van der Waals surface area contributed by atoms with Crippen molar-refractivity contribution in [2.75, 3.05) is 31.8 Å². The summed E-state index contributed by atoms with van der Waals surface area (Å²) < 4.78 is 20.0. The first-order valence-corrected chi connectivity index (χ1v) is 10.4. The molecule has 0 aromatic heterocycles. The maximum absolute atomic E-state index is 12.9. The molecule has 1 aromatic carbocycles. The van der Waals surface area contributed by atoms with Crippen molar-refractivity contribution >= 4 is 22.7 Å². The second-order valence-electron chi connectivity index (χ2n) is 4.89. The normalized spacial score (nSPS) is 18.5. The molecule has 1 fully saturated rings. The Hall–Kier alpha value is -0.820. The highest BCUT2D eigenvalue weighted by molar-refractivity contribution is 7.99. The van der Waals surface area contributed by atoms with E-state index in [-0.39, 0.29) is 12.6 Å². The minimum Gasteiger partial charge on any atom is -0.497 e. The van der Waals surface area contributed by atoms with Gasteiger partial charge in [0, 0.05) is 18.1 Å². The fourth-order valence-electron chi connectivity index (χ4n) is 2.42. The second-order valence-corrected chi connectivity index (χ2v) is 7.42. The van der Waals surface area contributed by atoms with Crippen LogP contribution in [0.3, 0.4) is 0 Å². The van der Waals surface area contributed by atoms with Crippen LogP contribution in [0.1, 0.15) is 25.0 Å². The molecule has 0 spiro atoms. The van der Waals surface area contributed by atoms with Crippen molar-refractivity contribution in [1.29, 1.82) is 0 Å². The third-order valence-corrected chi connectivity index (χ3v) is 6.43. The van der Waals surface area contributed by atoms with Gasteiger partial charge in [-0.05, 0) is 37.1 Å². The van der Waals surface area contributed by atoms with Crippen LogP contribution in [0.2, 0.25) is 0 Å². The van der Waals surface area contributed by atoms with Gasteiger partial charge in [0.25, 0.3) is 0 Å². The molecule has 1 aliphatic heterocycles. The van der Waals surface area contributed by atoms with Crippen molar-refractivity contribution in [2.45, 2.75) is 38.6 Å². The lowest BCUT2D eigenvalue weighted by molar-refractivity contribution is 0.207. The number of hydrogen-bond acceptors (Lipinski definition) is 4. The van der Waals surface area contributed by atoms with E-state index in [1.807, 2.05) is 44.1 Å². The van der Waals surface area contributed by atoms with Gasteiger partial charge in [-0.25, -0.2) is 8.51 Å². The van der Waals surface area contributed by atoms with Crippen molar-refractivity contribution < 1.29 is 14.1 Å². The van der Waals surface area contributed by atoms with Crippen LogP contribution < -0.4 is 4.74 Å². The predicted molar refractivity (Wildman–Crippen MR) is 106 cm³/mol. The highest BCUT2D eigenvalue weighted by Gasteiger charge is 2.29. The van der Waals surface area contributed by atoms with Gasteiger partial charge in [0.15, 0.2) is 0 Å². The molecule has 1 aliphatic rings. The molecule has 1 heterocycles. The summed E-state index contributed by atoms with van der Waals surface area (Å²) in [5, 5.41) is 9.47. The number of ether oxygens (including phenoxy) is 1. The van der Waals surface area contributed by atoms with Crippen LogP contribution in [0, 0.1) is 13.8 Å². The van der Waals surface area contributed by atoms with E-state index >= 15 is 0 Å². The van der Waals surface area contributed by atoms with Crippen molar-refractivity contribution in [2.24, 2.45) is 0 Å². The first-order chi connectivity index (χ1) is 11.6. The number of aliphatic hydroxyl groups is 1. The van der Waals surface area contributed by atoms with E-state index in [0.29, 0.717) is 0 Å². The van der Waals surface area contributed by atoms with Gasteiger partial charge in [0.2, 0.25) is 0 Å². The number of aliphatic hydroxyl groups excluding tert-OH is 1. The molecular weight excluding hydrogens is 342 g/mol. The van der Waals surface area contributed by atoms with Crippen molar-refractivity contribution in [1.82, 2.24) is 4.31 Å². The van der Waals surface area contributed by atoms with Crippen LogP contribution in [0.25, 0.3) is 0 Å². The summed E-state index contributed by atoms with van der Waals surface area (Å²) in [4.78, 5) is 0.844. The first kappa shape index (κ1) is 23.2. The Balaban J connectivity index is 0.00000123. The molecule has 6 heteroatoms. The number of rotatable bonds is 4. The smallest absolute Gasteiger partial charge is 0.128 e. The van der Waals surface area contributed by atoms with Gasteiger partial charge < -0.3 is 9.84 Å². The molecule has 2 rings (SSSR count). The predicted octanol–water partition coefficient (Wildman–Crippen LogP) is 3.57. The lowest BCUT2D eigenvalue weighted by atomic mass is 10.1. The van der Waals surface area contributed by atoms with Crippen molar-refractivity contribution in [3.8, 4) is 5.75 Å². The summed E-state index contributed by atoms with van der Waals surface area (Å²) in [5.74, 6) is 2.57. The second kappa shape index (κ2) is 12.5. The Kier molecular flexibility index (Phi) is 12.1. The number of methoxy groups -OCH3 is 1. The zero-order chi connectivity index (χ0) is 18.7. The Morgan fingerprint density at radius 3 is 2.33 bits per heavy atom. The molecule has 0 radical (unpaired) electrons. The number of thioether (sulfide) groups is 1. The summed E-state index contributed by atoms with van der Waals surface area (Å²) in [7, 11) is 0.405. The van der Waals surface area contributed by atoms with Gasteiger partial charge in [-0.3, -0.25) is 0 Å². The van der Waals surface area contributed by atoms with Crippen LogP contribution in [0.15, 0.2) is 30.2 Å². The van der Waals surface area contributed by atoms with E-state index in [4.69, 9.17) is 4.74 Å². The van der Waals surface area contributed by atoms with E-state index in [2.05, 4.69) is 13.2 Å². The van der Waals surface area contributed by atoms with Crippen molar-refractivity contribution in [3.63, 3.8) is 0 Å². The SMILES string of the molecule is C=C.CC.COc1cc(C)c(S(=O)N2CCSCC2CO)c(C)c1. The summed E-state index contributed by atoms with van der Waals surface area (Å²) in [6, 6.07) is 3.79. The zero-order valence-corrected chi connectivity index (χ0v) is 17.1. The number of aryl methyl sites for hydroxylation is 2. The van der Waals surface area contributed by atoms with Gasteiger partial charge in [-0.1, -0.05) is 13.8 Å². The van der Waals surface area contributed by atoms with E-state index in [1.165, 1.54) is 0 Å². The standard InChI is InChI=1S/C14H21NO3S2.C2H6.C2H4/c1-10-6-13(18-3)7-11(2)14(10)20(17)15-4-5-19-9-12(15)8-16;2*1-2/h6-7,12,16H,4-5,8-9H2,1-3H3;1-2H3;1-2H2. The third-order valence-electron chi connectivity index (χ3n) is 3.44. The van der Waals surface area contributed by atoms with Crippen LogP contribution in [0.5, 0.6) is 5.75 Å². The van der Waals surface area contributed by atoms with Gasteiger partial charge >= 0.3 is 0 Å². The Labute approximate surface area is 153 Å². The molecule has 2 unspecified atom stereocenters. The fourth-order valence-corrected chi connectivity index (χ4v) is 5.25. The maximum Gasteiger partial charge on any atom is 0.128 e. The number of nitrogens with zero attached hydrogens (tertiary/aromatic N) is 1. The van der Waals surface area contributed by atoms with Crippen LogP contribution in [-0.2, 0) is 11.0 Å². The molecule has 24 heavy (non-hydrogen) atoms. The number of hydrogen-bond donors (Lipinski definition) is 1. The van der Waals surface area contributed by atoms with Gasteiger partial charge in [0.05, 0.1) is 24.7 Å². The molecule has 0 amide bonds.